The Labute approximate surface area is 131 Å². The second kappa shape index (κ2) is 6.85. The summed E-state index contributed by atoms with van der Waals surface area (Å²) in [6.07, 6.45) is 9.82. The highest BCUT2D eigenvalue weighted by Gasteiger charge is 2.18. The van der Waals surface area contributed by atoms with E-state index in [1.54, 1.807) is 13.2 Å². The van der Waals surface area contributed by atoms with Crippen molar-refractivity contribution in [2.45, 2.75) is 19.8 Å². The maximum atomic E-state index is 8.44. The fraction of sp³-hybridized carbons (Fsp3) is 0.235. The molecule has 2 rings (SSSR count). The van der Waals surface area contributed by atoms with E-state index in [2.05, 4.69) is 16.4 Å². The molecular formula is C17H23N5. The quantitative estimate of drug-likeness (QED) is 0.425. The third-order valence-electron chi connectivity index (χ3n) is 3.79. The number of aromatic amines is 1. The Kier molecular flexibility index (Phi) is 4.88. The predicted molar refractivity (Wildman–Crippen MR) is 91.2 cm³/mol. The van der Waals surface area contributed by atoms with E-state index in [4.69, 9.17) is 16.9 Å². The zero-order valence-electron chi connectivity index (χ0n) is 13.0. The highest BCUT2D eigenvalue weighted by molar-refractivity contribution is 6.12. The maximum absolute atomic E-state index is 8.44. The molecule has 0 bridgehead atoms. The predicted octanol–water partition coefficient (Wildman–Crippen LogP) is 2.28. The minimum Gasteiger partial charge on any atom is -0.398 e. The Morgan fingerprint density at radius 2 is 2.14 bits per heavy atom. The van der Waals surface area contributed by atoms with E-state index in [0.717, 1.165) is 24.0 Å². The molecule has 0 aromatic carbocycles. The molecule has 116 valence electrons. The largest absolute Gasteiger partial charge is 0.398 e. The van der Waals surface area contributed by atoms with Gasteiger partial charge in [0.25, 0.3) is 0 Å². The van der Waals surface area contributed by atoms with Crippen LogP contribution in [0.3, 0.4) is 0 Å². The van der Waals surface area contributed by atoms with E-state index in [1.165, 1.54) is 0 Å². The first kappa shape index (κ1) is 15.7. The van der Waals surface area contributed by atoms with Gasteiger partial charge in [0.2, 0.25) is 0 Å². The third-order valence-corrected chi connectivity index (χ3v) is 3.79. The van der Waals surface area contributed by atoms with Crippen LogP contribution in [0.5, 0.6) is 0 Å². The standard InChI is InChI=1S/C17H23N5/c1-11(15(18)12-7-4-3-5-8-12)14(17(20)21-2)16(19)13-9-6-10-22-13/h3-4,6-7,9-10,19,21-22H,5,8,18,20H2,1-2H3/b15-11-,17-14-,19-16?. The van der Waals surface area contributed by atoms with Gasteiger partial charge in [0, 0.05) is 24.5 Å². The Morgan fingerprint density at radius 1 is 1.36 bits per heavy atom. The lowest BCUT2D eigenvalue weighted by atomic mass is 9.93. The summed E-state index contributed by atoms with van der Waals surface area (Å²) in [5.74, 6) is 0.437. The van der Waals surface area contributed by atoms with Crippen LogP contribution in [0.2, 0.25) is 0 Å². The van der Waals surface area contributed by atoms with Crippen LogP contribution in [0.15, 0.2) is 64.8 Å². The minimum absolute atomic E-state index is 0.323. The molecule has 0 spiro atoms. The van der Waals surface area contributed by atoms with Gasteiger partial charge < -0.3 is 21.8 Å². The van der Waals surface area contributed by atoms with Gasteiger partial charge in [-0.2, -0.15) is 0 Å². The van der Waals surface area contributed by atoms with Gasteiger partial charge in [-0.3, -0.25) is 5.41 Å². The number of H-pyrrole nitrogens is 1. The minimum atomic E-state index is 0.323. The summed E-state index contributed by atoms with van der Waals surface area (Å²) in [6, 6.07) is 3.70. The average molecular weight is 297 g/mol. The van der Waals surface area contributed by atoms with Crippen LogP contribution in [0.25, 0.3) is 0 Å². The molecule has 0 atom stereocenters. The molecule has 7 N–H and O–H groups in total. The third kappa shape index (κ3) is 3.14. The molecule has 0 amide bonds. The molecule has 0 unspecified atom stereocenters. The van der Waals surface area contributed by atoms with E-state index in [-0.39, 0.29) is 0 Å². The molecule has 22 heavy (non-hydrogen) atoms. The summed E-state index contributed by atoms with van der Waals surface area (Å²) >= 11 is 0. The Hall–Kier alpha value is -2.69. The van der Waals surface area contributed by atoms with Gasteiger partial charge in [-0.1, -0.05) is 18.2 Å². The molecule has 1 heterocycles. The molecular weight excluding hydrogens is 274 g/mol. The summed E-state index contributed by atoms with van der Waals surface area (Å²) in [5, 5.41) is 11.4. The number of hydrogen-bond acceptors (Lipinski definition) is 4. The molecule has 1 aliphatic rings. The maximum Gasteiger partial charge on any atom is 0.106 e. The van der Waals surface area contributed by atoms with E-state index < -0.39 is 0 Å². The second-order valence-corrected chi connectivity index (χ2v) is 5.19. The van der Waals surface area contributed by atoms with Crippen molar-refractivity contribution in [2.75, 3.05) is 7.05 Å². The van der Waals surface area contributed by atoms with Crippen molar-refractivity contribution >= 4 is 5.71 Å². The van der Waals surface area contributed by atoms with Crippen molar-refractivity contribution in [1.29, 1.82) is 5.41 Å². The van der Waals surface area contributed by atoms with Crippen LogP contribution in [0, 0.1) is 5.41 Å². The van der Waals surface area contributed by atoms with Crippen LogP contribution in [0.4, 0.5) is 0 Å². The summed E-state index contributed by atoms with van der Waals surface area (Å²) in [6.45, 7) is 1.91. The van der Waals surface area contributed by atoms with Crippen molar-refractivity contribution in [3.05, 3.63) is 70.5 Å². The zero-order chi connectivity index (χ0) is 16.1. The molecule has 0 saturated carbocycles. The Morgan fingerprint density at radius 3 is 2.68 bits per heavy atom. The lowest BCUT2D eigenvalue weighted by Gasteiger charge is -2.18. The zero-order valence-corrected chi connectivity index (χ0v) is 13.0. The van der Waals surface area contributed by atoms with Gasteiger partial charge >= 0.3 is 0 Å². The molecule has 1 aromatic heterocycles. The first-order valence-corrected chi connectivity index (χ1v) is 7.29. The first-order valence-electron chi connectivity index (χ1n) is 7.29. The van der Waals surface area contributed by atoms with Crippen LogP contribution in [-0.2, 0) is 0 Å². The molecule has 5 nitrogen and oxygen atoms in total. The van der Waals surface area contributed by atoms with Gasteiger partial charge in [-0.25, -0.2) is 0 Å². The second-order valence-electron chi connectivity index (χ2n) is 5.19. The number of hydrogen-bond donors (Lipinski definition) is 5. The number of allylic oxidation sites excluding steroid dienone is 6. The molecule has 1 aromatic rings. The van der Waals surface area contributed by atoms with Gasteiger partial charge in [-0.15, -0.1) is 0 Å². The molecule has 0 fully saturated rings. The van der Waals surface area contributed by atoms with Gasteiger partial charge in [0.05, 0.1) is 11.4 Å². The van der Waals surface area contributed by atoms with Gasteiger partial charge in [-0.05, 0) is 43.0 Å². The molecule has 0 aliphatic heterocycles. The van der Waals surface area contributed by atoms with E-state index in [0.29, 0.717) is 28.5 Å². The lowest BCUT2D eigenvalue weighted by Crippen LogP contribution is -2.24. The smallest absolute Gasteiger partial charge is 0.106 e. The van der Waals surface area contributed by atoms with Crippen molar-refractivity contribution in [2.24, 2.45) is 11.5 Å². The summed E-state index contributed by atoms with van der Waals surface area (Å²) in [4.78, 5) is 3.04. The van der Waals surface area contributed by atoms with Crippen molar-refractivity contribution < 1.29 is 0 Å². The molecule has 5 heteroatoms. The highest BCUT2D eigenvalue weighted by atomic mass is 15.0. The van der Waals surface area contributed by atoms with E-state index in [9.17, 15) is 0 Å². The van der Waals surface area contributed by atoms with Crippen LogP contribution < -0.4 is 16.8 Å². The lowest BCUT2D eigenvalue weighted by molar-refractivity contribution is 0.934. The molecule has 0 radical (unpaired) electrons. The topological polar surface area (TPSA) is 104 Å². The van der Waals surface area contributed by atoms with Gasteiger partial charge in [0.15, 0.2) is 0 Å². The number of rotatable bonds is 5. The fourth-order valence-electron chi connectivity index (χ4n) is 2.47. The summed E-state index contributed by atoms with van der Waals surface area (Å²) in [5.41, 5.74) is 16.7. The molecule has 0 saturated heterocycles. The van der Waals surface area contributed by atoms with Crippen molar-refractivity contribution in [1.82, 2.24) is 10.3 Å². The SMILES string of the molecule is CN/C(N)=C(C(=N)c1ccc[nH]1)/C(C)=C(\N)C1=CC=CCC1. The van der Waals surface area contributed by atoms with Gasteiger partial charge in [0.1, 0.15) is 5.82 Å². The van der Waals surface area contributed by atoms with Crippen molar-refractivity contribution in [3.8, 4) is 0 Å². The average Bonchev–Trinajstić information content (AvgIpc) is 3.09. The van der Waals surface area contributed by atoms with Crippen LogP contribution in [-0.4, -0.2) is 17.7 Å². The van der Waals surface area contributed by atoms with Crippen molar-refractivity contribution in [3.63, 3.8) is 0 Å². The van der Waals surface area contributed by atoms with E-state index in [1.807, 2.05) is 31.2 Å². The van der Waals surface area contributed by atoms with Crippen LogP contribution >= 0.6 is 0 Å². The Balaban J connectivity index is 2.48. The van der Waals surface area contributed by atoms with E-state index >= 15 is 0 Å². The summed E-state index contributed by atoms with van der Waals surface area (Å²) in [7, 11) is 1.74. The number of aromatic nitrogens is 1. The first-order chi connectivity index (χ1) is 10.6. The number of nitrogens with one attached hydrogen (secondary N) is 3. The summed E-state index contributed by atoms with van der Waals surface area (Å²) < 4.78 is 0. The highest BCUT2D eigenvalue weighted by Crippen LogP contribution is 2.25. The fourth-order valence-corrected chi connectivity index (χ4v) is 2.47. The Bertz CT molecular complexity index is 672. The molecule has 1 aliphatic carbocycles. The van der Waals surface area contributed by atoms with Crippen LogP contribution in [0.1, 0.15) is 25.5 Å². The normalized spacial score (nSPS) is 16.5. The monoisotopic (exact) mass is 297 g/mol. The number of nitrogens with two attached hydrogens (primary N) is 2.